The van der Waals surface area contributed by atoms with Gasteiger partial charge in [0.2, 0.25) is 0 Å². The summed E-state index contributed by atoms with van der Waals surface area (Å²) in [5.74, 6) is 0.901. The molecule has 134 valence electrons. The summed E-state index contributed by atoms with van der Waals surface area (Å²) in [5.41, 5.74) is 8.65. The van der Waals surface area contributed by atoms with Crippen molar-refractivity contribution in [3.63, 3.8) is 0 Å². The van der Waals surface area contributed by atoms with Gasteiger partial charge in [0.1, 0.15) is 17.1 Å². The molecule has 0 saturated carbocycles. The molecular weight excluding hydrogens is 328 g/mol. The molecular formula is C19H22N6O. The Kier molecular flexibility index (Phi) is 4.71. The largest absolute Gasteiger partial charge is 0.381 e. The van der Waals surface area contributed by atoms with Gasteiger partial charge in [0.15, 0.2) is 11.6 Å². The smallest absolute Gasteiger partial charge is 0.267 e. The summed E-state index contributed by atoms with van der Waals surface area (Å²) in [6, 6.07) is 12.8. The fraction of sp³-hybridized carbons (Fsp3) is 0.263. The minimum absolute atomic E-state index is 0.0577. The standard InChI is InChI=1S/C19H22N6O/c1-12(2)25-15(26)11-10-14(23-25)17-16(13-8-6-5-7-9-13)21-18(20)19(22-17)24(3)4/h5-12H,1-4H3,(H2,20,21). The van der Waals surface area contributed by atoms with Crippen molar-refractivity contribution in [2.45, 2.75) is 19.9 Å². The minimum Gasteiger partial charge on any atom is -0.381 e. The van der Waals surface area contributed by atoms with Gasteiger partial charge >= 0.3 is 0 Å². The second kappa shape index (κ2) is 6.95. The van der Waals surface area contributed by atoms with Crippen LogP contribution in [-0.2, 0) is 0 Å². The van der Waals surface area contributed by atoms with Crippen LogP contribution in [0.5, 0.6) is 0 Å². The Labute approximate surface area is 152 Å². The predicted octanol–water partition coefficient (Wildman–Crippen LogP) is 2.60. The summed E-state index contributed by atoms with van der Waals surface area (Å²) in [7, 11) is 3.71. The van der Waals surface area contributed by atoms with E-state index in [0.717, 1.165) is 5.56 Å². The van der Waals surface area contributed by atoms with Crippen molar-refractivity contribution in [3.8, 4) is 22.6 Å². The molecule has 0 radical (unpaired) electrons. The molecule has 7 heteroatoms. The number of aromatic nitrogens is 4. The zero-order valence-electron chi connectivity index (χ0n) is 15.3. The van der Waals surface area contributed by atoms with E-state index >= 15 is 0 Å². The SMILES string of the molecule is CC(C)n1nc(-c2nc(N(C)C)c(N)nc2-c2ccccc2)ccc1=O. The Morgan fingerprint density at radius 1 is 1.00 bits per heavy atom. The number of rotatable bonds is 4. The first-order valence-electron chi connectivity index (χ1n) is 8.39. The van der Waals surface area contributed by atoms with E-state index in [0.29, 0.717) is 28.7 Å². The van der Waals surface area contributed by atoms with E-state index in [1.54, 1.807) is 11.0 Å². The molecule has 0 fully saturated rings. The van der Waals surface area contributed by atoms with Crippen LogP contribution < -0.4 is 16.2 Å². The number of nitrogens with zero attached hydrogens (tertiary/aromatic N) is 5. The molecule has 7 nitrogen and oxygen atoms in total. The second-order valence-electron chi connectivity index (χ2n) is 6.49. The van der Waals surface area contributed by atoms with Gasteiger partial charge in [0, 0.05) is 25.7 Å². The summed E-state index contributed by atoms with van der Waals surface area (Å²) in [4.78, 5) is 23.2. The summed E-state index contributed by atoms with van der Waals surface area (Å²) in [6.07, 6.45) is 0. The first kappa shape index (κ1) is 17.6. The lowest BCUT2D eigenvalue weighted by atomic mass is 10.1. The van der Waals surface area contributed by atoms with E-state index in [1.165, 1.54) is 10.7 Å². The van der Waals surface area contributed by atoms with E-state index in [2.05, 4.69) is 10.1 Å². The zero-order valence-corrected chi connectivity index (χ0v) is 15.3. The van der Waals surface area contributed by atoms with Crippen molar-refractivity contribution in [2.75, 3.05) is 24.7 Å². The lowest BCUT2D eigenvalue weighted by Gasteiger charge is -2.18. The van der Waals surface area contributed by atoms with Crippen LogP contribution in [0.15, 0.2) is 47.3 Å². The van der Waals surface area contributed by atoms with Gasteiger partial charge in [-0.05, 0) is 19.9 Å². The molecule has 0 aliphatic heterocycles. The number of nitrogens with two attached hydrogens (primary N) is 1. The Morgan fingerprint density at radius 3 is 2.31 bits per heavy atom. The molecule has 2 aromatic heterocycles. The molecule has 1 aromatic carbocycles. The number of hydrogen-bond donors (Lipinski definition) is 1. The molecule has 0 aliphatic rings. The highest BCUT2D eigenvalue weighted by Crippen LogP contribution is 2.31. The van der Waals surface area contributed by atoms with Gasteiger partial charge in [-0.3, -0.25) is 4.79 Å². The molecule has 3 aromatic rings. The van der Waals surface area contributed by atoms with E-state index in [9.17, 15) is 4.79 Å². The number of anilines is 2. The van der Waals surface area contributed by atoms with E-state index < -0.39 is 0 Å². The van der Waals surface area contributed by atoms with E-state index in [1.807, 2.05) is 58.3 Å². The molecule has 26 heavy (non-hydrogen) atoms. The Balaban J connectivity index is 2.30. The molecule has 0 atom stereocenters. The first-order chi connectivity index (χ1) is 12.4. The monoisotopic (exact) mass is 350 g/mol. The summed E-state index contributed by atoms with van der Waals surface area (Å²) < 4.78 is 1.44. The van der Waals surface area contributed by atoms with Crippen LogP contribution in [0.4, 0.5) is 11.6 Å². The van der Waals surface area contributed by atoms with Crippen molar-refractivity contribution < 1.29 is 0 Å². The van der Waals surface area contributed by atoms with E-state index in [-0.39, 0.29) is 11.6 Å². The van der Waals surface area contributed by atoms with Gasteiger partial charge < -0.3 is 10.6 Å². The quantitative estimate of drug-likeness (QED) is 0.778. The molecule has 3 rings (SSSR count). The van der Waals surface area contributed by atoms with Crippen LogP contribution in [-0.4, -0.2) is 33.8 Å². The second-order valence-corrected chi connectivity index (χ2v) is 6.49. The highest BCUT2D eigenvalue weighted by atomic mass is 16.1. The molecule has 2 heterocycles. The summed E-state index contributed by atoms with van der Waals surface area (Å²) in [6.45, 7) is 3.83. The van der Waals surface area contributed by atoms with Crippen LogP contribution in [0.25, 0.3) is 22.6 Å². The third kappa shape index (κ3) is 3.28. The maximum Gasteiger partial charge on any atom is 0.267 e. The van der Waals surface area contributed by atoms with Crippen molar-refractivity contribution in [3.05, 3.63) is 52.8 Å². The Bertz CT molecular complexity index is 979. The lowest BCUT2D eigenvalue weighted by Crippen LogP contribution is -2.24. The van der Waals surface area contributed by atoms with Crippen molar-refractivity contribution in [2.24, 2.45) is 0 Å². The molecule has 0 spiro atoms. The molecule has 2 N–H and O–H groups in total. The third-order valence-electron chi connectivity index (χ3n) is 3.93. The molecule has 0 amide bonds. The van der Waals surface area contributed by atoms with Crippen molar-refractivity contribution in [1.29, 1.82) is 0 Å². The van der Waals surface area contributed by atoms with Gasteiger partial charge in [-0.25, -0.2) is 14.6 Å². The fourth-order valence-electron chi connectivity index (χ4n) is 2.67. The number of nitrogen functional groups attached to an aromatic ring is 1. The fourth-order valence-corrected chi connectivity index (χ4v) is 2.67. The van der Waals surface area contributed by atoms with Crippen LogP contribution in [0.3, 0.4) is 0 Å². The average Bonchev–Trinajstić information content (AvgIpc) is 2.62. The van der Waals surface area contributed by atoms with Gasteiger partial charge in [0.05, 0.1) is 6.04 Å². The molecule has 0 saturated heterocycles. The normalized spacial score (nSPS) is 11.0. The van der Waals surface area contributed by atoms with Crippen LogP contribution in [0.1, 0.15) is 19.9 Å². The van der Waals surface area contributed by atoms with Crippen molar-refractivity contribution >= 4 is 11.6 Å². The van der Waals surface area contributed by atoms with Gasteiger partial charge in [-0.2, -0.15) is 5.10 Å². The molecule has 0 bridgehead atoms. The Hall–Kier alpha value is -3.22. The van der Waals surface area contributed by atoms with Gasteiger partial charge in [0.25, 0.3) is 5.56 Å². The first-order valence-corrected chi connectivity index (χ1v) is 8.39. The minimum atomic E-state index is -0.152. The third-order valence-corrected chi connectivity index (χ3v) is 3.93. The molecule has 0 aliphatic carbocycles. The van der Waals surface area contributed by atoms with Crippen LogP contribution in [0.2, 0.25) is 0 Å². The molecule has 0 unspecified atom stereocenters. The number of benzene rings is 1. The van der Waals surface area contributed by atoms with Crippen LogP contribution >= 0.6 is 0 Å². The van der Waals surface area contributed by atoms with Gasteiger partial charge in [-0.1, -0.05) is 30.3 Å². The highest BCUT2D eigenvalue weighted by Gasteiger charge is 2.18. The lowest BCUT2D eigenvalue weighted by molar-refractivity contribution is 0.504. The Morgan fingerprint density at radius 2 is 1.69 bits per heavy atom. The highest BCUT2D eigenvalue weighted by molar-refractivity contribution is 5.79. The average molecular weight is 350 g/mol. The number of hydrogen-bond acceptors (Lipinski definition) is 6. The van der Waals surface area contributed by atoms with Crippen LogP contribution in [0, 0.1) is 0 Å². The topological polar surface area (TPSA) is 89.9 Å². The van der Waals surface area contributed by atoms with E-state index in [4.69, 9.17) is 10.7 Å². The summed E-state index contributed by atoms with van der Waals surface area (Å²) >= 11 is 0. The maximum absolute atomic E-state index is 12.1. The zero-order chi connectivity index (χ0) is 18.8. The maximum atomic E-state index is 12.1. The summed E-state index contributed by atoms with van der Waals surface area (Å²) in [5, 5.41) is 4.50. The van der Waals surface area contributed by atoms with Gasteiger partial charge in [-0.15, -0.1) is 0 Å². The predicted molar refractivity (Wildman–Crippen MR) is 104 cm³/mol. The van der Waals surface area contributed by atoms with Crippen molar-refractivity contribution in [1.82, 2.24) is 19.7 Å².